The van der Waals surface area contributed by atoms with E-state index in [9.17, 15) is 41.7 Å². The zero-order valence-corrected chi connectivity index (χ0v) is 55.9. The molecule has 3 aromatic rings. The number of aryl methyl sites for hydroxylation is 1. The number of likely N-dealkylation sites (N-methyl/N-ethyl adjacent to an activating group) is 1. The molecule has 0 radical (unpaired) electrons. The van der Waals surface area contributed by atoms with Crippen LogP contribution in [0.5, 0.6) is 5.75 Å². The number of hydrogen-bond donors (Lipinski definition) is 5. The van der Waals surface area contributed by atoms with E-state index in [1.54, 1.807) is 85.0 Å². The van der Waals surface area contributed by atoms with Gasteiger partial charge >= 0.3 is 12.9 Å². The van der Waals surface area contributed by atoms with Gasteiger partial charge in [0, 0.05) is 91.2 Å². The molecule has 1 aromatic heterocycles. The minimum atomic E-state index is -4.55. The molecular weight excluding hydrogens is 1230 g/mol. The van der Waals surface area contributed by atoms with Crippen molar-refractivity contribution in [3.63, 3.8) is 0 Å². The number of ether oxygens (including phenoxy) is 1. The number of benzene rings is 2. The fraction of sp³-hybridized carbons (Fsp3) is 0.547. The molecule has 28 heteroatoms. The molecule has 92 heavy (non-hydrogen) atoms. The number of amides is 5. The molecule has 1 fully saturated rings. The number of imide groups is 1. The zero-order chi connectivity index (χ0) is 67.1. The number of rotatable bonds is 42. The Bertz CT molecular complexity index is 3230. The number of fused-ring (bicyclic) bond motifs is 2. The smallest absolute Gasteiger partial charge is 0.494 e. The largest absolute Gasteiger partial charge is 0.737 e. The Morgan fingerprint density at radius 2 is 1.45 bits per heavy atom. The Kier molecular flexibility index (Phi) is 28.8. The summed E-state index contributed by atoms with van der Waals surface area (Å²) in [6.07, 6.45) is 14.0. The van der Waals surface area contributed by atoms with Gasteiger partial charge in [0.1, 0.15) is 17.8 Å². The molecular formula is C64H94BF2N9O14S2+2. The Morgan fingerprint density at radius 3 is 2.09 bits per heavy atom. The predicted molar refractivity (Wildman–Crippen MR) is 350 cm³/mol. The van der Waals surface area contributed by atoms with Crippen molar-refractivity contribution in [2.24, 2.45) is 0 Å². The number of carbonyl (C=O) groups is 6. The summed E-state index contributed by atoms with van der Waals surface area (Å²) in [4.78, 5) is 84.3. The highest BCUT2D eigenvalue weighted by atomic mass is 32.2. The third kappa shape index (κ3) is 24.4. The SMILES string of the molecule is CN(CCCCCC(=O)ON1C(=O)CCC1=O)CCNC(=O)C(CCCC[N+](C)(C)C)NC(=O)C(CCCC[N+](C)(C)C)NC(=O)CCCOc1ccc(/C=C/c2cc(CCCS(=O)(=O)O)c3n2[B-](F)(F)[N+]2=C(c4ccccc4)C=C(CCCSOOO)C2=C3)cc1. The number of allylic oxidation sites excluding steroid dienone is 2. The van der Waals surface area contributed by atoms with E-state index in [0.717, 1.165) is 62.3 Å². The van der Waals surface area contributed by atoms with Crippen molar-refractivity contribution < 1.29 is 88.0 Å². The first kappa shape index (κ1) is 74.4. The van der Waals surface area contributed by atoms with Gasteiger partial charge in [-0.3, -0.25) is 28.5 Å². The number of hydrogen-bond acceptors (Lipinski definition) is 15. The van der Waals surface area contributed by atoms with Crippen LogP contribution in [0.2, 0.25) is 0 Å². The zero-order valence-electron chi connectivity index (χ0n) is 54.2. The molecule has 2 atom stereocenters. The fourth-order valence-corrected chi connectivity index (χ4v) is 12.0. The van der Waals surface area contributed by atoms with E-state index in [1.807, 2.05) is 7.05 Å². The van der Waals surface area contributed by atoms with Crippen molar-refractivity contribution in [3.05, 3.63) is 106 Å². The summed E-state index contributed by atoms with van der Waals surface area (Å²) >= 11 is 0.874. The third-order valence-corrected chi connectivity index (χ3v) is 17.3. The average Bonchev–Trinajstić information content (AvgIpc) is 1.54. The normalized spacial score (nSPS) is 15.5. The van der Waals surface area contributed by atoms with Crippen LogP contribution in [-0.4, -0.2) is 207 Å². The molecule has 506 valence electrons. The van der Waals surface area contributed by atoms with Gasteiger partial charge in [-0.25, -0.2) is 10.1 Å². The molecule has 0 spiro atoms. The molecule has 4 heterocycles. The van der Waals surface area contributed by atoms with Crippen molar-refractivity contribution in [2.45, 2.75) is 128 Å². The molecule has 5 N–H and O–H groups in total. The number of aromatic nitrogens is 1. The van der Waals surface area contributed by atoms with Crippen LogP contribution in [0.15, 0.2) is 78.0 Å². The molecule has 5 amide bonds. The van der Waals surface area contributed by atoms with Gasteiger partial charge in [0.15, 0.2) is 11.4 Å². The summed E-state index contributed by atoms with van der Waals surface area (Å²) in [5, 5.41) is 21.8. The Labute approximate surface area is 544 Å². The molecule has 1 saturated heterocycles. The molecule has 3 aliphatic heterocycles. The summed E-state index contributed by atoms with van der Waals surface area (Å²) in [6.45, 7) is -1.10. The van der Waals surface area contributed by atoms with Crippen molar-refractivity contribution in [2.75, 3.05) is 100 Å². The lowest BCUT2D eigenvalue weighted by atomic mass is 9.88. The first-order chi connectivity index (χ1) is 43.6. The molecule has 3 aliphatic rings. The second-order valence-corrected chi connectivity index (χ2v) is 28.1. The van der Waals surface area contributed by atoms with Crippen molar-refractivity contribution in [3.8, 4) is 5.75 Å². The summed E-state index contributed by atoms with van der Waals surface area (Å²) in [5.41, 5.74) is 3.42. The van der Waals surface area contributed by atoms with Crippen LogP contribution in [0.3, 0.4) is 0 Å². The maximum Gasteiger partial charge on any atom is 0.737 e. The van der Waals surface area contributed by atoms with Gasteiger partial charge in [0.05, 0.1) is 67.7 Å². The van der Waals surface area contributed by atoms with Crippen molar-refractivity contribution in [1.82, 2.24) is 30.4 Å². The minimum absolute atomic E-state index is 0.00432. The van der Waals surface area contributed by atoms with Crippen LogP contribution in [0.1, 0.15) is 137 Å². The van der Waals surface area contributed by atoms with Crippen molar-refractivity contribution >= 4 is 88.6 Å². The summed E-state index contributed by atoms with van der Waals surface area (Å²) < 4.78 is 82.1. The predicted octanol–water partition coefficient (Wildman–Crippen LogP) is 7.44. The van der Waals surface area contributed by atoms with Gasteiger partial charge in [0.2, 0.25) is 17.7 Å². The van der Waals surface area contributed by atoms with E-state index < -0.39 is 58.6 Å². The number of quaternary nitrogens is 2. The van der Waals surface area contributed by atoms with E-state index >= 15 is 8.63 Å². The maximum absolute atomic E-state index is 17.5. The molecule has 2 aromatic carbocycles. The quantitative estimate of drug-likeness (QED) is 0.00539. The Balaban J connectivity index is 1.05. The minimum Gasteiger partial charge on any atom is -0.494 e. The number of nitrogens with one attached hydrogen (secondary N) is 3. The Hall–Kier alpha value is -6.63. The molecule has 2 unspecified atom stereocenters. The third-order valence-electron chi connectivity index (χ3n) is 15.9. The van der Waals surface area contributed by atoms with E-state index in [1.165, 1.54) is 0 Å². The number of hydroxylamine groups is 2. The Morgan fingerprint density at radius 1 is 0.783 bits per heavy atom. The molecule has 0 aliphatic carbocycles. The number of unbranched alkanes of at least 4 members (excludes halogenated alkanes) is 4. The lowest BCUT2D eigenvalue weighted by molar-refractivity contribution is -0.870. The number of nitrogens with zero attached hydrogens (tertiary/aromatic N) is 6. The summed E-state index contributed by atoms with van der Waals surface area (Å²) in [6, 6.07) is 15.8. The highest BCUT2D eigenvalue weighted by Crippen LogP contribution is 2.40. The van der Waals surface area contributed by atoms with Gasteiger partial charge < -0.3 is 57.0 Å². The second-order valence-electron chi connectivity index (χ2n) is 25.7. The number of halogens is 2. The van der Waals surface area contributed by atoms with Crippen LogP contribution in [0, 0.1) is 0 Å². The van der Waals surface area contributed by atoms with E-state index in [-0.39, 0.29) is 68.3 Å². The molecule has 23 nitrogen and oxygen atoms in total. The van der Waals surface area contributed by atoms with Gasteiger partial charge in [-0.1, -0.05) is 47.9 Å². The summed E-state index contributed by atoms with van der Waals surface area (Å²) in [5.74, 6) is -2.40. The van der Waals surface area contributed by atoms with E-state index in [4.69, 9.17) is 14.8 Å². The van der Waals surface area contributed by atoms with Crippen LogP contribution in [0.4, 0.5) is 8.63 Å². The molecule has 0 bridgehead atoms. The van der Waals surface area contributed by atoms with Crippen molar-refractivity contribution in [1.29, 1.82) is 0 Å². The average molecular weight is 1330 g/mol. The van der Waals surface area contributed by atoms with Crippen LogP contribution in [0.25, 0.3) is 18.2 Å². The topological polar surface area (TPSA) is 264 Å². The van der Waals surface area contributed by atoms with Gasteiger partial charge in [-0.15, -0.1) is 9.40 Å². The molecule has 6 rings (SSSR count). The standard InChI is InChI=1S/C64H92BF2N9O14S2/c1-71(38-15-9-12-28-62(80)88-74-60(78)35-36-61(74)79)39-37-68-63(81)54(25-13-16-40-75(2,3)4)70-64(82)55(26-14-17-41-76(5,6)7)69-59(77)27-18-42-87-53-33-30-48(31-34-53)29-32-52-45-50(24-20-44-92(84,85)86)57-47-58-51(23-19-43-91-90-89-83)46-56(49-21-10-8-11-22-49)73(58)65(66,67)72(52)57/h8,10-11,21-22,29-34,45-47,54-55H,9,12-20,23-28,35-44H2,1-7H3,(H3-2,68,69,70,77,81,82,83,84,85,86)/p+2/b32-29+. The maximum atomic E-state index is 17.5. The highest BCUT2D eigenvalue weighted by molar-refractivity contribution is 7.94. The van der Waals surface area contributed by atoms with Crippen LogP contribution >= 0.6 is 12.0 Å². The molecule has 0 saturated carbocycles. The van der Waals surface area contributed by atoms with E-state index in [0.29, 0.717) is 128 Å². The van der Waals surface area contributed by atoms with Gasteiger partial charge in [-0.05, 0) is 145 Å². The first-order valence-electron chi connectivity index (χ1n) is 31.7. The lowest BCUT2D eigenvalue weighted by Gasteiger charge is -2.31. The highest BCUT2D eigenvalue weighted by Gasteiger charge is 2.54. The second kappa shape index (κ2) is 35.6. The first-order valence-corrected chi connectivity index (χ1v) is 34.2. The van der Waals surface area contributed by atoms with E-state index in [2.05, 4.69) is 72.5 Å². The van der Waals surface area contributed by atoms with Gasteiger partial charge in [-0.2, -0.15) is 8.42 Å². The van der Waals surface area contributed by atoms with Crippen LogP contribution < -0.4 is 20.7 Å². The summed E-state index contributed by atoms with van der Waals surface area (Å²) in [7, 11) is 10.2. The monoisotopic (exact) mass is 1330 g/mol. The lowest BCUT2D eigenvalue weighted by Crippen LogP contribution is -2.54. The number of carbonyl (C=O) groups excluding carboxylic acids is 6. The van der Waals surface area contributed by atoms with Crippen LogP contribution in [-0.2, 0) is 59.5 Å². The fourth-order valence-electron chi connectivity index (χ4n) is 11.1. The van der Waals surface area contributed by atoms with Gasteiger partial charge in [0.25, 0.3) is 21.9 Å².